The zero-order valence-electron chi connectivity index (χ0n) is 14.3. The Labute approximate surface area is 151 Å². The topological polar surface area (TPSA) is 110 Å². The second-order valence-corrected chi connectivity index (χ2v) is 6.66. The van der Waals surface area contributed by atoms with E-state index in [0.29, 0.717) is 37.2 Å². The van der Waals surface area contributed by atoms with Gasteiger partial charge in [-0.2, -0.15) is 0 Å². The Morgan fingerprint density at radius 3 is 2.38 bits per heavy atom. The lowest BCUT2D eigenvalue weighted by Gasteiger charge is -2.38. The van der Waals surface area contributed by atoms with Gasteiger partial charge in [0.2, 0.25) is 0 Å². The van der Waals surface area contributed by atoms with Crippen molar-refractivity contribution in [3.63, 3.8) is 0 Å². The molecule has 0 aromatic heterocycles. The lowest BCUT2D eigenvalue weighted by Crippen LogP contribution is -2.53. The van der Waals surface area contributed by atoms with Gasteiger partial charge >= 0.3 is 0 Å². The molecule has 1 saturated heterocycles. The SMILES string of the molecule is NC1(CO)CCN(c2ccc(C(=O)c3ccccc3)cc2[N+](=O)[O-])CC1. The van der Waals surface area contributed by atoms with Crippen LogP contribution in [0.2, 0.25) is 0 Å². The maximum atomic E-state index is 12.6. The predicted molar refractivity (Wildman–Crippen MR) is 98.4 cm³/mol. The van der Waals surface area contributed by atoms with Crippen molar-refractivity contribution < 1.29 is 14.8 Å². The second kappa shape index (κ2) is 7.23. The van der Waals surface area contributed by atoms with Gasteiger partial charge in [0, 0.05) is 35.8 Å². The minimum absolute atomic E-state index is 0.0969. The Balaban J connectivity index is 1.89. The van der Waals surface area contributed by atoms with Crippen molar-refractivity contribution in [1.82, 2.24) is 0 Å². The van der Waals surface area contributed by atoms with E-state index in [-0.39, 0.29) is 23.6 Å². The molecule has 1 fully saturated rings. The highest BCUT2D eigenvalue weighted by atomic mass is 16.6. The highest BCUT2D eigenvalue weighted by molar-refractivity contribution is 6.09. The van der Waals surface area contributed by atoms with Gasteiger partial charge < -0.3 is 15.7 Å². The normalized spacial score (nSPS) is 16.3. The van der Waals surface area contributed by atoms with Gasteiger partial charge in [-0.3, -0.25) is 14.9 Å². The Morgan fingerprint density at radius 1 is 1.15 bits per heavy atom. The van der Waals surface area contributed by atoms with Crippen LogP contribution < -0.4 is 10.6 Å². The summed E-state index contributed by atoms with van der Waals surface area (Å²) in [5, 5.41) is 20.9. The molecule has 3 N–H and O–H groups in total. The first-order valence-corrected chi connectivity index (χ1v) is 8.46. The van der Waals surface area contributed by atoms with Crippen molar-refractivity contribution in [2.75, 3.05) is 24.6 Å². The fraction of sp³-hybridized carbons (Fsp3) is 0.316. The third kappa shape index (κ3) is 3.58. The molecule has 1 aliphatic rings. The molecule has 0 atom stereocenters. The second-order valence-electron chi connectivity index (χ2n) is 6.66. The summed E-state index contributed by atoms with van der Waals surface area (Å²) >= 11 is 0. The molecule has 136 valence electrons. The van der Waals surface area contributed by atoms with Gasteiger partial charge in [-0.05, 0) is 25.0 Å². The summed E-state index contributed by atoms with van der Waals surface area (Å²) in [6.45, 7) is 0.932. The van der Waals surface area contributed by atoms with E-state index < -0.39 is 10.5 Å². The molecule has 0 unspecified atom stereocenters. The van der Waals surface area contributed by atoms with Crippen molar-refractivity contribution in [2.24, 2.45) is 5.73 Å². The standard InChI is InChI=1S/C19H21N3O4/c20-19(13-23)8-10-21(11-9-19)16-7-6-15(12-17(16)22(25)26)18(24)14-4-2-1-3-5-14/h1-7,12,23H,8-11,13,20H2. The number of nitrogens with two attached hydrogens (primary N) is 1. The zero-order chi connectivity index (χ0) is 18.7. The number of hydrogen-bond donors (Lipinski definition) is 2. The van der Waals surface area contributed by atoms with E-state index in [1.807, 2.05) is 11.0 Å². The van der Waals surface area contributed by atoms with Crippen LogP contribution in [0.5, 0.6) is 0 Å². The number of hydrogen-bond acceptors (Lipinski definition) is 6. The third-order valence-corrected chi connectivity index (χ3v) is 4.89. The first-order chi connectivity index (χ1) is 12.4. The maximum absolute atomic E-state index is 12.6. The fourth-order valence-corrected chi connectivity index (χ4v) is 3.19. The van der Waals surface area contributed by atoms with Crippen molar-refractivity contribution in [3.8, 4) is 0 Å². The number of carbonyl (C=O) groups excluding carboxylic acids is 1. The van der Waals surface area contributed by atoms with Crippen LogP contribution in [0.1, 0.15) is 28.8 Å². The van der Waals surface area contributed by atoms with Crippen molar-refractivity contribution in [3.05, 3.63) is 69.8 Å². The average Bonchev–Trinajstić information content (AvgIpc) is 2.68. The minimum atomic E-state index is -0.630. The Morgan fingerprint density at radius 2 is 1.81 bits per heavy atom. The zero-order valence-corrected chi connectivity index (χ0v) is 14.3. The predicted octanol–water partition coefficient (Wildman–Crippen LogP) is 2.12. The number of carbonyl (C=O) groups is 1. The van der Waals surface area contributed by atoms with Gasteiger partial charge in [0.1, 0.15) is 5.69 Å². The summed E-state index contributed by atoms with van der Waals surface area (Å²) < 4.78 is 0. The molecule has 26 heavy (non-hydrogen) atoms. The molecule has 0 radical (unpaired) electrons. The first kappa shape index (κ1) is 18.0. The summed E-state index contributed by atoms with van der Waals surface area (Å²) in [4.78, 5) is 25.5. The van der Waals surface area contributed by atoms with Crippen LogP contribution in [-0.2, 0) is 0 Å². The Kier molecular flexibility index (Phi) is 5.01. The summed E-state index contributed by atoms with van der Waals surface area (Å²) in [5.41, 5.74) is 6.59. The van der Waals surface area contributed by atoms with Crippen molar-refractivity contribution in [1.29, 1.82) is 0 Å². The molecule has 2 aromatic rings. The van der Waals surface area contributed by atoms with Gasteiger partial charge in [-0.25, -0.2) is 0 Å². The van der Waals surface area contributed by atoms with Gasteiger partial charge in [0.05, 0.1) is 11.5 Å². The molecular weight excluding hydrogens is 334 g/mol. The number of rotatable bonds is 5. The lowest BCUT2D eigenvalue weighted by atomic mass is 9.89. The summed E-state index contributed by atoms with van der Waals surface area (Å²) in [5.74, 6) is -0.250. The number of nitro benzene ring substituents is 1. The first-order valence-electron chi connectivity index (χ1n) is 8.46. The number of anilines is 1. The highest BCUT2D eigenvalue weighted by Gasteiger charge is 2.32. The van der Waals surface area contributed by atoms with E-state index in [1.165, 1.54) is 6.07 Å². The Bertz CT molecular complexity index is 815. The van der Waals surface area contributed by atoms with E-state index in [0.717, 1.165) is 0 Å². The highest BCUT2D eigenvalue weighted by Crippen LogP contribution is 2.33. The van der Waals surface area contributed by atoms with E-state index in [1.54, 1.807) is 36.4 Å². The Hall–Kier alpha value is -2.77. The van der Waals surface area contributed by atoms with Crippen LogP contribution in [0.25, 0.3) is 0 Å². The largest absolute Gasteiger partial charge is 0.394 e. The summed E-state index contributed by atoms with van der Waals surface area (Å²) in [7, 11) is 0. The number of ketones is 1. The number of nitro groups is 1. The number of nitrogens with zero attached hydrogens (tertiary/aromatic N) is 2. The van der Waals surface area contributed by atoms with Gasteiger partial charge in [0.15, 0.2) is 5.78 Å². The van der Waals surface area contributed by atoms with Crippen LogP contribution in [0, 0.1) is 10.1 Å². The number of piperidine rings is 1. The molecule has 0 aliphatic carbocycles. The van der Waals surface area contributed by atoms with E-state index >= 15 is 0 Å². The average molecular weight is 355 g/mol. The van der Waals surface area contributed by atoms with Crippen LogP contribution in [0.3, 0.4) is 0 Å². The third-order valence-electron chi connectivity index (χ3n) is 4.89. The van der Waals surface area contributed by atoms with Crippen LogP contribution in [0.15, 0.2) is 48.5 Å². The summed E-state index contributed by atoms with van der Waals surface area (Å²) in [6.07, 6.45) is 1.09. The number of aliphatic hydroxyl groups excluding tert-OH is 1. The molecule has 0 amide bonds. The van der Waals surface area contributed by atoms with Gasteiger partial charge in [-0.15, -0.1) is 0 Å². The monoisotopic (exact) mass is 355 g/mol. The van der Waals surface area contributed by atoms with Crippen molar-refractivity contribution >= 4 is 17.2 Å². The molecule has 0 bridgehead atoms. The van der Waals surface area contributed by atoms with Crippen molar-refractivity contribution in [2.45, 2.75) is 18.4 Å². The molecule has 0 spiro atoms. The van der Waals surface area contributed by atoms with E-state index in [4.69, 9.17) is 5.73 Å². The fourth-order valence-electron chi connectivity index (χ4n) is 3.19. The van der Waals surface area contributed by atoms with Crippen LogP contribution in [-0.4, -0.2) is 41.0 Å². The molecule has 1 heterocycles. The molecule has 7 heteroatoms. The molecule has 2 aromatic carbocycles. The molecule has 0 saturated carbocycles. The number of benzene rings is 2. The number of aliphatic hydroxyl groups is 1. The molecule has 1 aliphatic heterocycles. The quantitative estimate of drug-likeness (QED) is 0.483. The van der Waals surface area contributed by atoms with Crippen LogP contribution >= 0.6 is 0 Å². The van der Waals surface area contributed by atoms with Gasteiger partial charge in [0.25, 0.3) is 5.69 Å². The maximum Gasteiger partial charge on any atom is 0.293 e. The molecule has 3 rings (SSSR count). The lowest BCUT2D eigenvalue weighted by molar-refractivity contribution is -0.384. The van der Waals surface area contributed by atoms with Crippen LogP contribution in [0.4, 0.5) is 11.4 Å². The van der Waals surface area contributed by atoms with Gasteiger partial charge in [-0.1, -0.05) is 30.3 Å². The molecule has 7 nitrogen and oxygen atoms in total. The van der Waals surface area contributed by atoms with E-state index in [9.17, 15) is 20.0 Å². The minimum Gasteiger partial charge on any atom is -0.394 e. The summed E-state index contributed by atoms with van der Waals surface area (Å²) in [6, 6.07) is 13.3. The smallest absolute Gasteiger partial charge is 0.293 e. The molecular formula is C19H21N3O4. The van der Waals surface area contributed by atoms with E-state index in [2.05, 4.69) is 0 Å².